The summed E-state index contributed by atoms with van der Waals surface area (Å²) in [6.45, 7) is 8.33. The molecule has 0 aromatic heterocycles. The van der Waals surface area contributed by atoms with E-state index < -0.39 is 0 Å². The first-order valence-corrected chi connectivity index (χ1v) is 10.6. The number of nitriles is 1. The summed E-state index contributed by atoms with van der Waals surface area (Å²) in [6, 6.07) is 18.4. The summed E-state index contributed by atoms with van der Waals surface area (Å²) < 4.78 is 0. The molecule has 1 aliphatic heterocycles. The lowest BCUT2D eigenvalue weighted by atomic mass is 10.0. The third-order valence-electron chi connectivity index (χ3n) is 5.27. The molecule has 1 heterocycles. The molecule has 1 saturated heterocycles. The van der Waals surface area contributed by atoms with Gasteiger partial charge in [0.05, 0.1) is 6.07 Å². The highest BCUT2D eigenvalue weighted by molar-refractivity contribution is 5.85. The van der Waals surface area contributed by atoms with Crippen LogP contribution >= 0.6 is 0 Å². The van der Waals surface area contributed by atoms with Gasteiger partial charge in [0, 0.05) is 37.6 Å². The number of anilines is 2. The second-order valence-corrected chi connectivity index (χ2v) is 8.06. The molecule has 1 aliphatic rings. The van der Waals surface area contributed by atoms with E-state index in [1.807, 2.05) is 18.2 Å². The zero-order valence-corrected chi connectivity index (χ0v) is 17.8. The number of amides is 1. The summed E-state index contributed by atoms with van der Waals surface area (Å²) in [5, 5.41) is 18.1. The molecule has 0 saturated carbocycles. The monoisotopic (exact) mass is 405 g/mol. The molecular weight excluding hydrogens is 374 g/mol. The molecule has 0 spiro atoms. The molecule has 0 aliphatic carbocycles. The first-order chi connectivity index (χ1) is 14.6. The smallest absolute Gasteiger partial charge is 0.243 e. The van der Waals surface area contributed by atoms with E-state index in [4.69, 9.17) is 5.26 Å². The minimum Gasteiger partial charge on any atom is -0.374 e. The highest BCUT2D eigenvalue weighted by atomic mass is 16.2. The highest BCUT2D eigenvalue weighted by Gasteiger charge is 2.19. The van der Waals surface area contributed by atoms with E-state index in [2.05, 4.69) is 71.1 Å². The van der Waals surface area contributed by atoms with E-state index in [-0.39, 0.29) is 18.5 Å². The maximum Gasteiger partial charge on any atom is 0.243 e. The molecule has 1 fully saturated rings. The van der Waals surface area contributed by atoms with Crippen LogP contribution in [0.25, 0.3) is 11.1 Å². The van der Waals surface area contributed by atoms with E-state index >= 15 is 0 Å². The zero-order chi connectivity index (χ0) is 21.3. The fourth-order valence-electron chi connectivity index (χ4n) is 3.70. The molecule has 2 aromatic rings. The molecule has 2 aromatic carbocycles. The fourth-order valence-corrected chi connectivity index (χ4v) is 3.70. The first-order valence-electron chi connectivity index (χ1n) is 10.6. The Bertz CT molecular complexity index is 849. The van der Waals surface area contributed by atoms with E-state index in [1.54, 1.807) is 0 Å². The van der Waals surface area contributed by atoms with Crippen LogP contribution in [0.3, 0.4) is 0 Å². The minimum absolute atomic E-state index is 0.0258. The van der Waals surface area contributed by atoms with Gasteiger partial charge in [0.1, 0.15) is 12.6 Å². The van der Waals surface area contributed by atoms with Gasteiger partial charge in [0.25, 0.3) is 0 Å². The van der Waals surface area contributed by atoms with Crippen LogP contribution in [0.1, 0.15) is 20.3 Å². The lowest BCUT2D eigenvalue weighted by Gasteiger charge is -2.29. The maximum absolute atomic E-state index is 12.4. The molecule has 1 amide bonds. The SMILES string of the molecule is CC(C)C[C@H](Nc1ccc(-c2ccc(N3CCNCC3)cc2)cc1)C(=O)NCC#N. The summed E-state index contributed by atoms with van der Waals surface area (Å²) in [6.07, 6.45) is 0.701. The van der Waals surface area contributed by atoms with E-state index in [0.717, 1.165) is 37.4 Å². The van der Waals surface area contributed by atoms with Gasteiger partial charge >= 0.3 is 0 Å². The average molecular weight is 406 g/mol. The lowest BCUT2D eigenvalue weighted by molar-refractivity contribution is -0.121. The first kappa shape index (κ1) is 21.7. The van der Waals surface area contributed by atoms with Crippen molar-refractivity contribution in [2.45, 2.75) is 26.3 Å². The summed E-state index contributed by atoms with van der Waals surface area (Å²) >= 11 is 0. The Morgan fingerprint density at radius 3 is 2.23 bits per heavy atom. The van der Waals surface area contributed by atoms with Crippen molar-refractivity contribution >= 4 is 17.3 Å². The molecule has 3 rings (SSSR count). The van der Waals surface area contributed by atoms with E-state index in [0.29, 0.717) is 12.3 Å². The highest BCUT2D eigenvalue weighted by Crippen LogP contribution is 2.25. The summed E-state index contributed by atoms with van der Waals surface area (Å²) in [5.41, 5.74) is 4.47. The van der Waals surface area contributed by atoms with Gasteiger partial charge < -0.3 is 20.9 Å². The number of hydrogen-bond acceptors (Lipinski definition) is 5. The van der Waals surface area contributed by atoms with Crippen LogP contribution in [0.2, 0.25) is 0 Å². The average Bonchev–Trinajstić information content (AvgIpc) is 2.78. The number of nitrogens with zero attached hydrogens (tertiary/aromatic N) is 2. The molecule has 0 unspecified atom stereocenters. The third-order valence-corrected chi connectivity index (χ3v) is 5.27. The number of piperazine rings is 1. The van der Waals surface area contributed by atoms with E-state index in [1.165, 1.54) is 11.3 Å². The topological polar surface area (TPSA) is 80.2 Å². The molecule has 6 nitrogen and oxygen atoms in total. The number of rotatable bonds is 8. The molecule has 0 radical (unpaired) electrons. The maximum atomic E-state index is 12.4. The number of benzene rings is 2. The predicted octanol–water partition coefficient (Wildman–Crippen LogP) is 3.23. The van der Waals surface area contributed by atoms with Crippen LogP contribution in [-0.4, -0.2) is 44.7 Å². The van der Waals surface area contributed by atoms with Crippen LogP contribution in [0.4, 0.5) is 11.4 Å². The van der Waals surface area contributed by atoms with Gasteiger partial charge in [-0.05, 0) is 47.7 Å². The summed E-state index contributed by atoms with van der Waals surface area (Å²) in [7, 11) is 0. The normalized spacial score (nSPS) is 14.8. The molecule has 3 N–H and O–H groups in total. The van der Waals surface area contributed by atoms with Gasteiger partial charge in [-0.2, -0.15) is 5.26 Å². The zero-order valence-electron chi connectivity index (χ0n) is 17.8. The Morgan fingerprint density at radius 2 is 1.67 bits per heavy atom. The quantitative estimate of drug-likeness (QED) is 0.588. The van der Waals surface area contributed by atoms with E-state index in [9.17, 15) is 4.79 Å². The minimum atomic E-state index is -0.359. The predicted molar refractivity (Wildman–Crippen MR) is 122 cm³/mol. The summed E-state index contributed by atoms with van der Waals surface area (Å²) in [5.74, 6) is 0.224. The molecule has 0 bridgehead atoms. The van der Waals surface area contributed by atoms with Gasteiger partial charge in [-0.3, -0.25) is 4.79 Å². The Hall–Kier alpha value is -3.04. The number of carbonyl (C=O) groups is 1. The second-order valence-electron chi connectivity index (χ2n) is 8.06. The Kier molecular flexibility index (Phi) is 7.69. The molecular formula is C24H31N5O. The second kappa shape index (κ2) is 10.7. The number of carbonyl (C=O) groups excluding carboxylic acids is 1. The number of nitrogens with one attached hydrogen (secondary N) is 3. The standard InChI is InChI=1S/C24H31N5O/c1-18(2)17-23(24(30)27-12-11-25)28-21-7-3-19(4-8-21)20-5-9-22(10-6-20)29-15-13-26-14-16-29/h3-10,18,23,26,28H,12-17H2,1-2H3,(H,27,30)/t23-/m0/s1. The van der Waals surface area contributed by atoms with Crippen molar-refractivity contribution in [2.75, 3.05) is 42.9 Å². The number of hydrogen-bond donors (Lipinski definition) is 3. The van der Waals surface area contributed by atoms with Crippen LogP contribution in [0.5, 0.6) is 0 Å². The Balaban J connectivity index is 1.65. The van der Waals surface area contributed by atoms with Crippen LogP contribution in [0.15, 0.2) is 48.5 Å². The summed E-state index contributed by atoms with van der Waals surface area (Å²) in [4.78, 5) is 14.8. The van der Waals surface area contributed by atoms with Crippen molar-refractivity contribution in [1.82, 2.24) is 10.6 Å². The molecule has 158 valence electrons. The van der Waals surface area contributed by atoms with Crippen molar-refractivity contribution < 1.29 is 4.79 Å². The molecule has 6 heteroatoms. The van der Waals surface area contributed by atoms with Gasteiger partial charge in [-0.1, -0.05) is 38.1 Å². The largest absolute Gasteiger partial charge is 0.374 e. The van der Waals surface area contributed by atoms with Gasteiger partial charge in [0.15, 0.2) is 0 Å². The van der Waals surface area contributed by atoms with Gasteiger partial charge in [-0.15, -0.1) is 0 Å². The van der Waals surface area contributed by atoms with Crippen molar-refractivity contribution in [2.24, 2.45) is 5.92 Å². The fraction of sp³-hybridized carbons (Fsp3) is 0.417. The van der Waals surface area contributed by atoms with Gasteiger partial charge in [0.2, 0.25) is 5.91 Å². The Labute approximate surface area is 179 Å². The van der Waals surface area contributed by atoms with Crippen LogP contribution in [0, 0.1) is 17.2 Å². The van der Waals surface area contributed by atoms with Crippen molar-refractivity contribution in [3.63, 3.8) is 0 Å². The molecule has 1 atom stereocenters. The molecule has 30 heavy (non-hydrogen) atoms. The Morgan fingerprint density at radius 1 is 1.07 bits per heavy atom. The lowest BCUT2D eigenvalue weighted by Crippen LogP contribution is -2.43. The van der Waals surface area contributed by atoms with Crippen LogP contribution < -0.4 is 20.9 Å². The third kappa shape index (κ3) is 5.98. The van der Waals surface area contributed by atoms with Crippen molar-refractivity contribution in [3.8, 4) is 17.2 Å². The van der Waals surface area contributed by atoms with Crippen molar-refractivity contribution in [1.29, 1.82) is 5.26 Å². The van der Waals surface area contributed by atoms with Gasteiger partial charge in [-0.25, -0.2) is 0 Å². The van der Waals surface area contributed by atoms with Crippen LogP contribution in [-0.2, 0) is 4.79 Å². The van der Waals surface area contributed by atoms with Crippen molar-refractivity contribution in [3.05, 3.63) is 48.5 Å².